The molecule has 0 radical (unpaired) electrons. The Bertz CT molecular complexity index is 433. The first-order valence-electron chi connectivity index (χ1n) is 7.51. The zero-order valence-corrected chi connectivity index (χ0v) is 15.3. The van der Waals surface area contributed by atoms with Crippen molar-refractivity contribution >= 4 is 35.6 Å². The summed E-state index contributed by atoms with van der Waals surface area (Å²) in [5, 5.41) is 3.13. The van der Waals surface area contributed by atoms with E-state index in [-0.39, 0.29) is 24.0 Å². The van der Waals surface area contributed by atoms with Gasteiger partial charge < -0.3 is 11.1 Å². The molecule has 1 aromatic rings. The summed E-state index contributed by atoms with van der Waals surface area (Å²) < 4.78 is 0. The number of hydrogen-bond acceptors (Lipinski definition) is 2. The van der Waals surface area contributed by atoms with Crippen molar-refractivity contribution in [3.63, 3.8) is 0 Å². The highest BCUT2D eigenvalue weighted by Gasteiger charge is 2.24. The monoisotopic (exact) mass is 402 g/mol. The van der Waals surface area contributed by atoms with Crippen molar-refractivity contribution in [3.8, 4) is 0 Å². The van der Waals surface area contributed by atoms with Crippen LogP contribution in [0.5, 0.6) is 0 Å². The number of nitrogens with zero attached hydrogens (tertiary/aromatic N) is 2. The number of aliphatic imine (C=N–C) groups is 1. The van der Waals surface area contributed by atoms with E-state index in [9.17, 15) is 0 Å². The fraction of sp³-hybridized carbons (Fsp3) is 0.562. The fourth-order valence-corrected chi connectivity index (χ4v) is 2.72. The summed E-state index contributed by atoms with van der Waals surface area (Å²) in [4.78, 5) is 7.05. The van der Waals surface area contributed by atoms with Crippen molar-refractivity contribution in [2.45, 2.75) is 32.7 Å². The molecule has 3 N–H and O–H groups in total. The lowest BCUT2D eigenvalue weighted by molar-refractivity contribution is 0.231. The highest BCUT2D eigenvalue weighted by molar-refractivity contribution is 14.0. The van der Waals surface area contributed by atoms with Gasteiger partial charge in [0.1, 0.15) is 0 Å². The molecule has 1 saturated heterocycles. The van der Waals surface area contributed by atoms with E-state index in [0.717, 1.165) is 18.8 Å². The number of rotatable bonds is 5. The topological polar surface area (TPSA) is 53.6 Å². The average molecular weight is 402 g/mol. The number of nitrogens with one attached hydrogen (secondary N) is 1. The second-order valence-electron chi connectivity index (χ2n) is 5.90. The second kappa shape index (κ2) is 9.25. The maximum Gasteiger partial charge on any atom is 0.193 e. The van der Waals surface area contributed by atoms with Gasteiger partial charge in [-0.1, -0.05) is 32.0 Å². The summed E-state index contributed by atoms with van der Waals surface area (Å²) in [6.07, 6.45) is 2.51. The van der Waals surface area contributed by atoms with Crippen LogP contribution in [0.15, 0.2) is 35.3 Å². The molecule has 0 aliphatic carbocycles. The van der Waals surface area contributed by atoms with Crippen molar-refractivity contribution in [2.75, 3.05) is 25.0 Å². The number of benzene rings is 1. The minimum absolute atomic E-state index is 0. The molecule has 1 fully saturated rings. The van der Waals surface area contributed by atoms with Gasteiger partial charge >= 0.3 is 0 Å². The van der Waals surface area contributed by atoms with Crippen LogP contribution in [-0.2, 0) is 0 Å². The number of guanidine groups is 1. The van der Waals surface area contributed by atoms with Gasteiger partial charge in [0.05, 0.1) is 6.54 Å². The first-order chi connectivity index (χ1) is 9.65. The Morgan fingerprint density at radius 3 is 2.76 bits per heavy atom. The first kappa shape index (κ1) is 18.2. The largest absolute Gasteiger partial charge is 0.370 e. The van der Waals surface area contributed by atoms with E-state index in [0.29, 0.717) is 17.9 Å². The van der Waals surface area contributed by atoms with E-state index in [2.05, 4.69) is 29.1 Å². The van der Waals surface area contributed by atoms with Crippen molar-refractivity contribution in [2.24, 2.45) is 16.6 Å². The molecular weight excluding hydrogens is 375 g/mol. The van der Waals surface area contributed by atoms with Gasteiger partial charge in [-0.25, -0.2) is 0 Å². The fourth-order valence-electron chi connectivity index (χ4n) is 2.72. The SMILES string of the molecule is CC(C)CN1CCC[C@@H]1CN=C(N)Nc1ccccc1.I. The van der Waals surface area contributed by atoms with Crippen LogP contribution in [0.1, 0.15) is 26.7 Å². The Kier molecular flexibility index (Phi) is 8.03. The molecule has 0 spiro atoms. The highest BCUT2D eigenvalue weighted by Crippen LogP contribution is 2.18. The summed E-state index contributed by atoms with van der Waals surface area (Å²) in [5.74, 6) is 1.21. The van der Waals surface area contributed by atoms with Crippen molar-refractivity contribution in [1.82, 2.24) is 4.90 Å². The molecule has 0 unspecified atom stereocenters. The quantitative estimate of drug-likeness (QED) is 0.452. The minimum Gasteiger partial charge on any atom is -0.370 e. The number of likely N-dealkylation sites (tertiary alicyclic amines) is 1. The second-order valence-corrected chi connectivity index (χ2v) is 5.90. The predicted octanol–water partition coefficient (Wildman–Crippen LogP) is 3.15. The van der Waals surface area contributed by atoms with Gasteiger partial charge in [-0.2, -0.15) is 0 Å². The van der Waals surface area contributed by atoms with Gasteiger partial charge in [-0.3, -0.25) is 9.89 Å². The lowest BCUT2D eigenvalue weighted by Gasteiger charge is -2.24. The smallest absolute Gasteiger partial charge is 0.193 e. The maximum absolute atomic E-state index is 5.95. The molecular formula is C16H27IN4. The molecule has 118 valence electrons. The predicted molar refractivity (Wildman–Crippen MR) is 101 cm³/mol. The average Bonchev–Trinajstić information content (AvgIpc) is 2.84. The molecule has 1 aliphatic heterocycles. The van der Waals surface area contributed by atoms with Gasteiger partial charge in [0.2, 0.25) is 0 Å². The molecule has 1 heterocycles. The summed E-state index contributed by atoms with van der Waals surface area (Å²) in [6, 6.07) is 10.5. The standard InChI is InChI=1S/C16H26N4.HI/c1-13(2)12-20-10-6-9-15(20)11-18-16(17)19-14-7-4-3-5-8-14;/h3-5,7-8,13,15H,6,9-12H2,1-2H3,(H3,17,18,19);1H/t15-;/m1./s1. The molecule has 0 saturated carbocycles. The Morgan fingerprint density at radius 1 is 1.38 bits per heavy atom. The van der Waals surface area contributed by atoms with Crippen LogP contribution in [0.3, 0.4) is 0 Å². The van der Waals surface area contributed by atoms with Crippen molar-refractivity contribution in [1.29, 1.82) is 0 Å². The highest BCUT2D eigenvalue weighted by atomic mass is 127. The van der Waals surface area contributed by atoms with Crippen LogP contribution in [-0.4, -0.2) is 36.5 Å². The Balaban J connectivity index is 0.00000220. The Labute approximate surface area is 145 Å². The van der Waals surface area contributed by atoms with E-state index in [1.807, 2.05) is 30.3 Å². The lowest BCUT2D eigenvalue weighted by atomic mass is 10.2. The van der Waals surface area contributed by atoms with Crippen LogP contribution in [0.2, 0.25) is 0 Å². The third-order valence-electron chi connectivity index (χ3n) is 3.62. The number of anilines is 1. The number of halogens is 1. The third-order valence-corrected chi connectivity index (χ3v) is 3.62. The van der Waals surface area contributed by atoms with Crippen LogP contribution >= 0.6 is 24.0 Å². The van der Waals surface area contributed by atoms with E-state index < -0.39 is 0 Å². The number of nitrogens with two attached hydrogens (primary N) is 1. The van der Waals surface area contributed by atoms with E-state index in [4.69, 9.17) is 5.73 Å². The molecule has 0 aromatic heterocycles. The summed E-state index contributed by atoms with van der Waals surface area (Å²) in [6.45, 7) is 7.68. The third kappa shape index (κ3) is 6.22. The van der Waals surface area contributed by atoms with E-state index in [1.165, 1.54) is 19.4 Å². The van der Waals surface area contributed by atoms with Gasteiger partial charge in [-0.05, 0) is 37.4 Å². The molecule has 1 aromatic carbocycles. The Morgan fingerprint density at radius 2 is 2.10 bits per heavy atom. The zero-order chi connectivity index (χ0) is 14.4. The molecule has 2 rings (SSSR count). The van der Waals surface area contributed by atoms with Crippen molar-refractivity contribution in [3.05, 3.63) is 30.3 Å². The molecule has 0 bridgehead atoms. The van der Waals surface area contributed by atoms with E-state index >= 15 is 0 Å². The molecule has 1 aliphatic rings. The van der Waals surface area contributed by atoms with Crippen molar-refractivity contribution < 1.29 is 0 Å². The molecule has 4 nitrogen and oxygen atoms in total. The van der Waals surface area contributed by atoms with E-state index in [1.54, 1.807) is 0 Å². The zero-order valence-electron chi connectivity index (χ0n) is 13.0. The van der Waals surface area contributed by atoms with Gasteiger partial charge in [0.15, 0.2) is 5.96 Å². The molecule has 1 atom stereocenters. The normalized spacial score (nSPS) is 19.6. The number of hydrogen-bond donors (Lipinski definition) is 2. The summed E-state index contributed by atoms with van der Waals surface area (Å²) in [7, 11) is 0. The molecule has 5 heteroatoms. The van der Waals surface area contributed by atoms with Gasteiger partial charge in [0.25, 0.3) is 0 Å². The minimum atomic E-state index is 0. The lowest BCUT2D eigenvalue weighted by Crippen LogP contribution is -2.35. The summed E-state index contributed by atoms with van der Waals surface area (Å²) in [5.41, 5.74) is 6.94. The van der Waals surface area contributed by atoms with Gasteiger partial charge in [-0.15, -0.1) is 24.0 Å². The molecule has 21 heavy (non-hydrogen) atoms. The maximum atomic E-state index is 5.95. The van der Waals surface area contributed by atoms with Crippen LogP contribution in [0.25, 0.3) is 0 Å². The van der Waals surface area contributed by atoms with Gasteiger partial charge in [0, 0.05) is 18.3 Å². The molecule has 0 amide bonds. The van der Waals surface area contributed by atoms with Crippen LogP contribution in [0.4, 0.5) is 5.69 Å². The Hall–Kier alpha value is -0.820. The van der Waals surface area contributed by atoms with Crippen LogP contribution < -0.4 is 11.1 Å². The summed E-state index contributed by atoms with van der Waals surface area (Å²) >= 11 is 0. The number of para-hydroxylation sites is 1. The van der Waals surface area contributed by atoms with Crippen LogP contribution in [0, 0.1) is 5.92 Å². The first-order valence-corrected chi connectivity index (χ1v) is 7.51.